The first-order valence-corrected chi connectivity index (χ1v) is 10.1. The van der Waals surface area contributed by atoms with E-state index in [1.165, 1.54) is 7.11 Å². The maximum absolute atomic E-state index is 12.9. The molecule has 0 atom stereocenters. The minimum absolute atomic E-state index is 0.182. The van der Waals surface area contributed by atoms with Crippen molar-refractivity contribution in [2.24, 2.45) is 0 Å². The molecule has 0 aliphatic carbocycles. The van der Waals surface area contributed by atoms with Gasteiger partial charge >= 0.3 is 5.97 Å². The number of morpholine rings is 1. The standard InChI is InChI=1S/C21H19Cl2N3O4/c1-29-21(28)15-11-13(26-6-8-30-9-7-26)3-5-17(15)25-20(27)19-18(23)14-10-12(22)2-4-16(14)24-19/h2-5,10-11,24H,6-9H2,1H3,(H,25,27). The molecule has 0 radical (unpaired) electrons. The van der Waals surface area contributed by atoms with E-state index in [1.54, 1.807) is 30.3 Å². The first-order chi connectivity index (χ1) is 14.5. The molecule has 2 N–H and O–H groups in total. The normalized spacial score (nSPS) is 14.0. The molecule has 2 aromatic carbocycles. The number of anilines is 2. The highest BCUT2D eigenvalue weighted by Crippen LogP contribution is 2.31. The Morgan fingerprint density at radius 2 is 1.90 bits per heavy atom. The molecule has 2 heterocycles. The fourth-order valence-electron chi connectivity index (χ4n) is 3.41. The second-order valence-corrected chi connectivity index (χ2v) is 7.59. The van der Waals surface area contributed by atoms with Crippen LogP contribution < -0.4 is 10.2 Å². The van der Waals surface area contributed by atoms with Gasteiger partial charge in [0.2, 0.25) is 0 Å². The number of benzene rings is 2. The summed E-state index contributed by atoms with van der Waals surface area (Å²) in [5, 5.41) is 4.18. The van der Waals surface area contributed by atoms with Gasteiger partial charge in [0, 0.05) is 34.7 Å². The Kier molecular flexibility index (Phi) is 5.85. The average Bonchev–Trinajstić information content (AvgIpc) is 3.10. The molecule has 1 fully saturated rings. The highest BCUT2D eigenvalue weighted by Gasteiger charge is 2.21. The van der Waals surface area contributed by atoms with E-state index in [-0.39, 0.29) is 16.3 Å². The minimum Gasteiger partial charge on any atom is -0.465 e. The van der Waals surface area contributed by atoms with Crippen molar-refractivity contribution in [2.45, 2.75) is 0 Å². The topological polar surface area (TPSA) is 83.7 Å². The fraction of sp³-hybridized carbons (Fsp3) is 0.238. The van der Waals surface area contributed by atoms with Crippen molar-refractivity contribution in [1.29, 1.82) is 0 Å². The molecule has 1 amide bonds. The number of H-pyrrole nitrogens is 1. The van der Waals surface area contributed by atoms with E-state index in [1.807, 2.05) is 6.07 Å². The summed E-state index contributed by atoms with van der Waals surface area (Å²) < 4.78 is 10.3. The number of carbonyl (C=O) groups excluding carboxylic acids is 2. The molecule has 1 aliphatic heterocycles. The van der Waals surface area contributed by atoms with Gasteiger partial charge in [0.25, 0.3) is 5.91 Å². The molecular formula is C21H19Cl2N3O4. The number of halogens is 2. The largest absolute Gasteiger partial charge is 0.465 e. The van der Waals surface area contributed by atoms with Crippen LogP contribution in [0.2, 0.25) is 10.0 Å². The van der Waals surface area contributed by atoms with Crippen molar-refractivity contribution >= 4 is 57.4 Å². The van der Waals surface area contributed by atoms with Gasteiger partial charge in [0.15, 0.2) is 0 Å². The average molecular weight is 448 g/mol. The van der Waals surface area contributed by atoms with Gasteiger partial charge in [-0.15, -0.1) is 0 Å². The molecule has 30 heavy (non-hydrogen) atoms. The number of hydrogen-bond donors (Lipinski definition) is 2. The Balaban J connectivity index is 1.65. The van der Waals surface area contributed by atoms with Crippen LogP contribution in [0, 0.1) is 0 Å². The number of carbonyl (C=O) groups is 2. The molecule has 9 heteroatoms. The lowest BCUT2D eigenvalue weighted by Gasteiger charge is -2.29. The third-order valence-electron chi connectivity index (χ3n) is 4.96. The van der Waals surface area contributed by atoms with Crippen LogP contribution in [0.1, 0.15) is 20.8 Å². The summed E-state index contributed by atoms with van der Waals surface area (Å²) in [4.78, 5) is 30.4. The lowest BCUT2D eigenvalue weighted by Crippen LogP contribution is -2.36. The van der Waals surface area contributed by atoms with Crippen molar-refractivity contribution in [3.8, 4) is 0 Å². The maximum Gasteiger partial charge on any atom is 0.340 e. The van der Waals surface area contributed by atoms with E-state index in [9.17, 15) is 9.59 Å². The van der Waals surface area contributed by atoms with Crippen molar-refractivity contribution in [3.63, 3.8) is 0 Å². The molecule has 0 unspecified atom stereocenters. The van der Waals surface area contributed by atoms with Gasteiger partial charge in [0.1, 0.15) is 5.69 Å². The molecule has 156 valence electrons. The second-order valence-electron chi connectivity index (χ2n) is 6.78. The number of ether oxygens (including phenoxy) is 2. The molecule has 0 bridgehead atoms. The van der Waals surface area contributed by atoms with Crippen LogP contribution in [0.3, 0.4) is 0 Å². The summed E-state index contributed by atoms with van der Waals surface area (Å²) >= 11 is 12.4. The van der Waals surface area contributed by atoms with Crippen molar-refractivity contribution in [2.75, 3.05) is 43.6 Å². The predicted molar refractivity (Wildman–Crippen MR) is 117 cm³/mol. The van der Waals surface area contributed by atoms with Gasteiger partial charge in [-0.05, 0) is 36.4 Å². The monoisotopic (exact) mass is 447 g/mol. The Labute approximate surface area is 182 Å². The summed E-state index contributed by atoms with van der Waals surface area (Å²) in [7, 11) is 1.30. The fourth-order valence-corrected chi connectivity index (χ4v) is 3.87. The van der Waals surface area contributed by atoms with E-state index in [2.05, 4.69) is 15.2 Å². The lowest BCUT2D eigenvalue weighted by atomic mass is 10.1. The van der Waals surface area contributed by atoms with Crippen molar-refractivity contribution in [3.05, 3.63) is 57.7 Å². The number of hydrogen-bond acceptors (Lipinski definition) is 5. The minimum atomic E-state index is -0.546. The molecule has 1 aliphatic rings. The Morgan fingerprint density at radius 1 is 1.13 bits per heavy atom. The smallest absolute Gasteiger partial charge is 0.340 e. The maximum atomic E-state index is 12.9. The zero-order valence-electron chi connectivity index (χ0n) is 16.1. The van der Waals surface area contributed by atoms with Crippen LogP contribution in [0.25, 0.3) is 10.9 Å². The number of fused-ring (bicyclic) bond motifs is 1. The zero-order valence-corrected chi connectivity index (χ0v) is 17.6. The number of nitrogens with zero attached hydrogens (tertiary/aromatic N) is 1. The predicted octanol–water partition coefficient (Wildman–Crippen LogP) is 4.35. The van der Waals surface area contributed by atoms with Gasteiger partial charge in [-0.25, -0.2) is 4.79 Å². The van der Waals surface area contributed by atoms with E-state index >= 15 is 0 Å². The summed E-state index contributed by atoms with van der Waals surface area (Å²) in [5.74, 6) is -1.02. The molecule has 4 rings (SSSR count). The summed E-state index contributed by atoms with van der Waals surface area (Å²) in [6.45, 7) is 2.68. The number of aromatic amines is 1. The third-order valence-corrected chi connectivity index (χ3v) is 5.58. The van der Waals surface area contributed by atoms with Crippen molar-refractivity contribution < 1.29 is 19.1 Å². The first-order valence-electron chi connectivity index (χ1n) is 9.31. The number of amides is 1. The molecule has 3 aromatic rings. The van der Waals surface area contributed by atoms with Gasteiger partial charge in [-0.3, -0.25) is 4.79 Å². The number of rotatable bonds is 4. The Hall–Kier alpha value is -2.74. The van der Waals surface area contributed by atoms with Crippen LogP contribution in [0.4, 0.5) is 11.4 Å². The van der Waals surface area contributed by atoms with Crippen LogP contribution in [0.5, 0.6) is 0 Å². The molecule has 1 saturated heterocycles. The summed E-state index contributed by atoms with van der Waals surface area (Å²) in [6, 6.07) is 10.4. The van der Waals surface area contributed by atoms with Crippen LogP contribution in [-0.2, 0) is 9.47 Å². The number of methoxy groups -OCH3 is 1. The molecule has 0 saturated carbocycles. The molecule has 1 aromatic heterocycles. The summed E-state index contributed by atoms with van der Waals surface area (Å²) in [6.07, 6.45) is 0. The van der Waals surface area contributed by atoms with Gasteiger partial charge in [-0.2, -0.15) is 0 Å². The molecule has 7 nitrogen and oxygen atoms in total. The number of esters is 1. The molecular weight excluding hydrogens is 429 g/mol. The zero-order chi connectivity index (χ0) is 21.3. The Morgan fingerprint density at radius 3 is 2.63 bits per heavy atom. The van der Waals surface area contributed by atoms with Crippen LogP contribution in [0.15, 0.2) is 36.4 Å². The van der Waals surface area contributed by atoms with E-state index < -0.39 is 11.9 Å². The van der Waals surface area contributed by atoms with E-state index in [4.69, 9.17) is 32.7 Å². The second kappa shape index (κ2) is 8.55. The summed E-state index contributed by atoms with van der Waals surface area (Å²) in [5.41, 5.74) is 2.31. The van der Waals surface area contributed by atoms with Crippen molar-refractivity contribution in [1.82, 2.24) is 4.98 Å². The third kappa shape index (κ3) is 3.96. The van der Waals surface area contributed by atoms with Gasteiger partial charge < -0.3 is 24.7 Å². The van der Waals surface area contributed by atoms with Gasteiger partial charge in [-0.1, -0.05) is 23.2 Å². The Bertz CT molecular complexity index is 1120. The van der Waals surface area contributed by atoms with E-state index in [0.29, 0.717) is 34.8 Å². The SMILES string of the molecule is COC(=O)c1cc(N2CCOCC2)ccc1NC(=O)c1[nH]c2ccc(Cl)cc2c1Cl. The first kappa shape index (κ1) is 20.5. The lowest BCUT2D eigenvalue weighted by molar-refractivity contribution is 0.0602. The highest BCUT2D eigenvalue weighted by molar-refractivity contribution is 6.40. The number of aromatic nitrogens is 1. The van der Waals surface area contributed by atoms with E-state index in [0.717, 1.165) is 18.8 Å². The van der Waals surface area contributed by atoms with Crippen LogP contribution in [-0.4, -0.2) is 50.3 Å². The quantitative estimate of drug-likeness (QED) is 0.580. The molecule has 0 spiro atoms. The number of nitrogens with one attached hydrogen (secondary N) is 2. The van der Waals surface area contributed by atoms with Gasteiger partial charge in [0.05, 0.1) is 36.6 Å². The van der Waals surface area contributed by atoms with Crippen LogP contribution >= 0.6 is 23.2 Å². The highest BCUT2D eigenvalue weighted by atomic mass is 35.5.